The summed E-state index contributed by atoms with van der Waals surface area (Å²) in [6, 6.07) is 9.26. The van der Waals surface area contributed by atoms with Gasteiger partial charge in [-0.1, -0.05) is 11.8 Å². The minimum absolute atomic E-state index is 0.0848. The molecule has 7 nitrogen and oxygen atoms in total. The molecule has 5 rings (SSSR count). The van der Waals surface area contributed by atoms with Crippen molar-refractivity contribution >= 4 is 29.5 Å². The number of hydrazone groups is 1. The predicted molar refractivity (Wildman–Crippen MR) is 122 cm³/mol. The molecule has 4 heterocycles. The Balaban J connectivity index is 1.43. The molecule has 1 aliphatic heterocycles. The third-order valence-corrected chi connectivity index (χ3v) is 6.57. The molecule has 2 atom stereocenters. The highest BCUT2D eigenvalue weighted by atomic mass is 32.2. The van der Waals surface area contributed by atoms with Crippen molar-refractivity contribution in [1.29, 1.82) is 0 Å². The Morgan fingerprint density at radius 3 is 2.69 bits per heavy atom. The molecule has 0 radical (unpaired) electrons. The molecule has 0 saturated heterocycles. The number of hydrogen-bond acceptors (Lipinski definition) is 7. The molecule has 2 unspecified atom stereocenters. The molecule has 8 heteroatoms. The zero-order valence-corrected chi connectivity index (χ0v) is 18.8. The van der Waals surface area contributed by atoms with Gasteiger partial charge in [0.15, 0.2) is 5.16 Å². The number of nitrogens with zero attached hydrogens (tertiary/aromatic N) is 4. The predicted octanol–water partition coefficient (Wildman–Crippen LogP) is 5.19. The number of hydrogen-bond donors (Lipinski definition) is 0. The summed E-state index contributed by atoms with van der Waals surface area (Å²) in [5.41, 5.74) is 3.85. The topological polar surface area (TPSA) is 84.7 Å². The molecular formula is C24H24N4O3S. The number of allylic oxidation sites excluding steroid dienone is 1. The molecule has 3 aromatic heterocycles. The van der Waals surface area contributed by atoms with E-state index in [1.807, 2.05) is 50.3 Å². The van der Waals surface area contributed by atoms with Crippen LogP contribution in [0.4, 0.5) is 0 Å². The van der Waals surface area contributed by atoms with Gasteiger partial charge in [0.2, 0.25) is 0 Å². The Morgan fingerprint density at radius 2 is 1.97 bits per heavy atom. The van der Waals surface area contributed by atoms with Crippen LogP contribution in [-0.4, -0.2) is 32.3 Å². The molecule has 1 saturated carbocycles. The van der Waals surface area contributed by atoms with Gasteiger partial charge in [-0.25, -0.2) is 15.0 Å². The number of carbonyl (C=O) groups excluding carboxylic acids is 1. The second kappa shape index (κ2) is 8.78. The Labute approximate surface area is 190 Å². The van der Waals surface area contributed by atoms with Gasteiger partial charge in [0.25, 0.3) is 5.91 Å². The van der Waals surface area contributed by atoms with E-state index in [1.54, 1.807) is 17.5 Å². The number of amides is 1. The van der Waals surface area contributed by atoms with Gasteiger partial charge in [-0.3, -0.25) is 4.79 Å². The molecule has 32 heavy (non-hydrogen) atoms. The minimum Gasteiger partial charge on any atom is -0.467 e. The molecule has 1 aliphatic carbocycles. The van der Waals surface area contributed by atoms with Crippen molar-refractivity contribution < 1.29 is 13.6 Å². The number of carbonyl (C=O) groups is 1. The smallest absolute Gasteiger partial charge is 0.253 e. The van der Waals surface area contributed by atoms with Crippen molar-refractivity contribution in [2.24, 2.45) is 11.0 Å². The summed E-state index contributed by atoms with van der Waals surface area (Å²) in [5, 5.41) is 7.04. The molecule has 3 aromatic rings. The van der Waals surface area contributed by atoms with Crippen LogP contribution in [0.2, 0.25) is 0 Å². The van der Waals surface area contributed by atoms with Crippen LogP contribution in [0.25, 0.3) is 6.08 Å². The standard InChI is InChI=1S/C24H24N4O3S/c1-15-12-16(2)26-24(25-15)32-14-21(29)28-23(20-9-5-11-31-20)19-8-3-6-17(22(19)27-28)13-18-7-4-10-30-18/h4-5,7,9-13,19,23H,3,6,8,14H2,1-2H3. The third-order valence-electron chi connectivity index (χ3n) is 5.74. The Hall–Kier alpha value is -3.13. The van der Waals surface area contributed by atoms with Crippen molar-refractivity contribution in [3.05, 3.63) is 71.3 Å². The molecule has 164 valence electrons. The van der Waals surface area contributed by atoms with Crippen LogP contribution in [0.1, 0.15) is 48.2 Å². The summed E-state index contributed by atoms with van der Waals surface area (Å²) >= 11 is 1.34. The van der Waals surface area contributed by atoms with E-state index < -0.39 is 0 Å². The van der Waals surface area contributed by atoms with Crippen LogP contribution in [0, 0.1) is 19.8 Å². The van der Waals surface area contributed by atoms with E-state index in [2.05, 4.69) is 9.97 Å². The van der Waals surface area contributed by atoms with Crippen molar-refractivity contribution in [3.8, 4) is 0 Å². The van der Waals surface area contributed by atoms with Crippen LogP contribution in [-0.2, 0) is 4.79 Å². The Kier molecular flexibility index (Phi) is 5.70. The van der Waals surface area contributed by atoms with Gasteiger partial charge in [0.05, 0.1) is 24.0 Å². The first-order chi connectivity index (χ1) is 15.6. The number of aromatic nitrogens is 2. The Bertz CT molecular complexity index is 1150. The van der Waals surface area contributed by atoms with Gasteiger partial charge in [-0.15, -0.1) is 0 Å². The van der Waals surface area contributed by atoms with Crippen molar-refractivity contribution in [1.82, 2.24) is 15.0 Å². The lowest BCUT2D eigenvalue weighted by Gasteiger charge is -2.27. The lowest BCUT2D eigenvalue weighted by atomic mass is 9.79. The van der Waals surface area contributed by atoms with E-state index in [0.29, 0.717) is 5.16 Å². The summed E-state index contributed by atoms with van der Waals surface area (Å²) in [7, 11) is 0. The van der Waals surface area contributed by atoms with Crippen molar-refractivity contribution in [2.45, 2.75) is 44.3 Å². The maximum Gasteiger partial charge on any atom is 0.253 e. The van der Waals surface area contributed by atoms with Gasteiger partial charge in [-0.05, 0) is 75.1 Å². The second-order valence-corrected chi connectivity index (χ2v) is 9.03. The van der Waals surface area contributed by atoms with Crippen LogP contribution >= 0.6 is 11.8 Å². The van der Waals surface area contributed by atoms with Gasteiger partial charge in [-0.2, -0.15) is 5.10 Å². The van der Waals surface area contributed by atoms with E-state index in [0.717, 1.165) is 53.5 Å². The molecule has 0 bridgehead atoms. The average molecular weight is 449 g/mol. The SMILES string of the molecule is Cc1cc(C)nc(SCC(=O)N2N=C3C(=Cc4ccco4)CCCC3C2c2ccco2)n1. The van der Waals surface area contributed by atoms with Gasteiger partial charge in [0.1, 0.15) is 17.6 Å². The normalized spacial score (nSPS) is 21.6. The summed E-state index contributed by atoms with van der Waals surface area (Å²) < 4.78 is 11.3. The number of furan rings is 2. The molecule has 1 fully saturated rings. The summed E-state index contributed by atoms with van der Waals surface area (Å²) in [4.78, 5) is 22.2. The Morgan fingerprint density at radius 1 is 1.19 bits per heavy atom. The quantitative estimate of drug-likeness (QED) is 0.394. The van der Waals surface area contributed by atoms with E-state index in [9.17, 15) is 4.79 Å². The number of aryl methyl sites for hydroxylation is 2. The number of thioether (sulfide) groups is 1. The van der Waals surface area contributed by atoms with E-state index in [-0.39, 0.29) is 23.6 Å². The highest BCUT2D eigenvalue weighted by Gasteiger charge is 2.45. The van der Waals surface area contributed by atoms with E-state index in [1.165, 1.54) is 11.8 Å². The molecule has 1 amide bonds. The van der Waals surface area contributed by atoms with Crippen molar-refractivity contribution in [3.63, 3.8) is 0 Å². The van der Waals surface area contributed by atoms with Crippen molar-refractivity contribution in [2.75, 3.05) is 5.75 Å². The summed E-state index contributed by atoms with van der Waals surface area (Å²) in [6.45, 7) is 3.86. The maximum atomic E-state index is 13.3. The highest BCUT2D eigenvalue weighted by molar-refractivity contribution is 7.99. The molecule has 0 aromatic carbocycles. The van der Waals surface area contributed by atoms with Gasteiger partial charge in [0, 0.05) is 17.3 Å². The molecular weight excluding hydrogens is 424 g/mol. The average Bonchev–Trinajstić information content (AvgIpc) is 3.52. The van der Waals surface area contributed by atoms with Crippen LogP contribution in [0.5, 0.6) is 0 Å². The number of rotatable bonds is 5. The van der Waals surface area contributed by atoms with E-state index >= 15 is 0 Å². The largest absolute Gasteiger partial charge is 0.467 e. The first kappa shape index (κ1) is 20.8. The maximum absolute atomic E-state index is 13.3. The third kappa shape index (κ3) is 4.14. The zero-order chi connectivity index (χ0) is 22.1. The summed E-state index contributed by atoms with van der Waals surface area (Å²) in [5.74, 6) is 1.78. The first-order valence-corrected chi connectivity index (χ1v) is 11.7. The second-order valence-electron chi connectivity index (χ2n) is 8.09. The van der Waals surface area contributed by atoms with Crippen LogP contribution in [0.3, 0.4) is 0 Å². The fourth-order valence-electron chi connectivity index (χ4n) is 4.44. The first-order valence-electron chi connectivity index (χ1n) is 10.7. The molecule has 0 spiro atoms. The van der Waals surface area contributed by atoms with Gasteiger partial charge >= 0.3 is 0 Å². The monoisotopic (exact) mass is 448 g/mol. The zero-order valence-electron chi connectivity index (χ0n) is 18.0. The lowest BCUT2D eigenvalue weighted by molar-refractivity contribution is -0.131. The summed E-state index contributed by atoms with van der Waals surface area (Å²) in [6.07, 6.45) is 8.25. The fraction of sp³-hybridized carbons (Fsp3) is 0.333. The number of fused-ring (bicyclic) bond motifs is 1. The fourth-order valence-corrected chi connectivity index (χ4v) is 5.24. The van der Waals surface area contributed by atoms with Gasteiger partial charge < -0.3 is 8.83 Å². The lowest BCUT2D eigenvalue weighted by Crippen LogP contribution is -2.32. The highest BCUT2D eigenvalue weighted by Crippen LogP contribution is 2.44. The molecule has 2 aliphatic rings. The minimum atomic E-state index is -0.242. The molecule has 0 N–H and O–H groups in total. The van der Waals surface area contributed by atoms with Crippen LogP contribution < -0.4 is 0 Å². The van der Waals surface area contributed by atoms with E-state index in [4.69, 9.17) is 13.9 Å². The van der Waals surface area contributed by atoms with Crippen LogP contribution in [0.15, 0.2) is 67.5 Å².